The van der Waals surface area contributed by atoms with E-state index in [-0.39, 0.29) is 35.9 Å². The van der Waals surface area contributed by atoms with E-state index in [9.17, 15) is 29.4 Å². The first-order valence-corrected chi connectivity index (χ1v) is 12.6. The highest BCUT2D eigenvalue weighted by molar-refractivity contribution is 8.76. The van der Waals surface area contributed by atoms with Gasteiger partial charge in [0, 0.05) is 35.5 Å². The van der Waals surface area contributed by atoms with Gasteiger partial charge >= 0.3 is 11.9 Å². The topological polar surface area (TPSA) is 109 Å². The van der Waals surface area contributed by atoms with Crippen molar-refractivity contribution in [1.82, 2.24) is 0 Å². The van der Waals surface area contributed by atoms with E-state index in [0.717, 1.165) is 11.1 Å². The largest absolute Gasteiger partial charge is 0.481 e. The number of hydrogen-bond donors (Lipinski definition) is 2. The fraction of sp³-hybridized carbons (Fsp3) is 0.333. The molecule has 0 radical (unpaired) electrons. The van der Waals surface area contributed by atoms with Crippen LogP contribution in [-0.4, -0.2) is 45.2 Å². The number of ketones is 2. The molecular formula is C24H26O6S2. The predicted molar refractivity (Wildman–Crippen MR) is 127 cm³/mol. The van der Waals surface area contributed by atoms with Gasteiger partial charge in [-0.3, -0.25) is 19.2 Å². The third-order valence-electron chi connectivity index (χ3n) is 4.93. The number of aryl methyl sites for hydroxylation is 2. The summed E-state index contributed by atoms with van der Waals surface area (Å²) in [5.41, 5.74) is 2.97. The second-order valence-electron chi connectivity index (χ2n) is 7.63. The van der Waals surface area contributed by atoms with Crippen LogP contribution in [0.2, 0.25) is 0 Å². The van der Waals surface area contributed by atoms with Gasteiger partial charge in [-0.25, -0.2) is 0 Å². The summed E-state index contributed by atoms with van der Waals surface area (Å²) >= 11 is 0. The van der Waals surface area contributed by atoms with Crippen molar-refractivity contribution in [3.05, 3.63) is 70.8 Å². The van der Waals surface area contributed by atoms with Gasteiger partial charge in [0.1, 0.15) is 0 Å². The van der Waals surface area contributed by atoms with Gasteiger partial charge in [-0.05, 0) is 13.8 Å². The molecule has 2 atom stereocenters. The zero-order valence-corrected chi connectivity index (χ0v) is 19.6. The SMILES string of the molecule is Cc1ccc(C(=O)CC(CSSCC(CC(=O)c2ccc(C)cc2)C(=O)O)C(=O)O)cc1. The number of hydrogen-bond acceptors (Lipinski definition) is 6. The van der Waals surface area contributed by atoms with Crippen molar-refractivity contribution in [2.24, 2.45) is 11.8 Å². The fourth-order valence-electron chi connectivity index (χ4n) is 2.86. The number of aliphatic carboxylic acids is 2. The Morgan fingerprint density at radius 2 is 0.969 bits per heavy atom. The van der Waals surface area contributed by atoms with Crippen LogP contribution in [-0.2, 0) is 9.59 Å². The molecule has 32 heavy (non-hydrogen) atoms. The van der Waals surface area contributed by atoms with Gasteiger partial charge in [-0.1, -0.05) is 81.2 Å². The zero-order valence-electron chi connectivity index (χ0n) is 17.9. The van der Waals surface area contributed by atoms with Crippen LogP contribution in [0, 0.1) is 25.7 Å². The maximum absolute atomic E-state index is 12.4. The maximum Gasteiger partial charge on any atom is 0.307 e. The number of rotatable bonds is 13. The maximum atomic E-state index is 12.4. The summed E-state index contributed by atoms with van der Waals surface area (Å²) in [5, 5.41) is 18.9. The molecule has 0 bridgehead atoms. The van der Waals surface area contributed by atoms with Gasteiger partial charge in [0.15, 0.2) is 11.6 Å². The average Bonchev–Trinajstić information content (AvgIpc) is 2.75. The van der Waals surface area contributed by atoms with Gasteiger partial charge in [-0.15, -0.1) is 0 Å². The summed E-state index contributed by atoms with van der Waals surface area (Å²) in [7, 11) is 2.42. The molecule has 0 heterocycles. The van der Waals surface area contributed by atoms with Crippen LogP contribution in [0.4, 0.5) is 0 Å². The number of benzene rings is 2. The molecule has 0 aromatic heterocycles. The zero-order chi connectivity index (χ0) is 23.7. The second-order valence-corrected chi connectivity index (χ2v) is 10.2. The molecule has 2 aromatic rings. The Hall–Kier alpha value is -2.58. The third kappa shape index (κ3) is 8.16. The van der Waals surface area contributed by atoms with E-state index >= 15 is 0 Å². The summed E-state index contributed by atoms with van der Waals surface area (Å²) in [6.07, 6.45) is -0.250. The molecule has 0 fully saturated rings. The Morgan fingerprint density at radius 3 is 1.25 bits per heavy atom. The first-order valence-electron chi connectivity index (χ1n) is 10.1. The van der Waals surface area contributed by atoms with E-state index in [1.165, 1.54) is 21.6 Å². The minimum absolute atomic E-state index is 0.125. The molecule has 2 aromatic carbocycles. The highest BCUT2D eigenvalue weighted by Crippen LogP contribution is 2.29. The van der Waals surface area contributed by atoms with Gasteiger partial charge in [-0.2, -0.15) is 0 Å². The standard InChI is InChI=1S/C24H26O6S2/c1-15-3-7-17(8-4-15)21(25)11-19(23(27)28)13-31-32-14-20(24(29)30)12-22(26)18-9-5-16(2)6-10-18/h3-10,19-20H,11-14H2,1-2H3,(H,27,28)(H,29,30). The fourth-order valence-corrected chi connectivity index (χ4v) is 5.46. The first kappa shape index (κ1) is 25.7. The summed E-state index contributed by atoms with van der Waals surface area (Å²) in [4.78, 5) is 47.9. The van der Waals surface area contributed by atoms with E-state index in [0.29, 0.717) is 11.1 Å². The smallest absolute Gasteiger partial charge is 0.307 e. The number of carbonyl (C=O) groups excluding carboxylic acids is 2. The van der Waals surface area contributed by atoms with Crippen molar-refractivity contribution in [3.63, 3.8) is 0 Å². The van der Waals surface area contributed by atoms with Crippen LogP contribution < -0.4 is 0 Å². The molecule has 0 saturated heterocycles. The Kier molecular flexibility index (Phi) is 9.99. The van der Waals surface area contributed by atoms with Crippen molar-refractivity contribution in [2.45, 2.75) is 26.7 Å². The molecular weight excluding hydrogens is 448 g/mol. The van der Waals surface area contributed by atoms with Crippen LogP contribution in [0.5, 0.6) is 0 Å². The number of carboxylic acid groups (broad SMARTS) is 2. The number of carbonyl (C=O) groups is 4. The second kappa shape index (κ2) is 12.5. The summed E-state index contributed by atoms with van der Waals surface area (Å²) in [6.45, 7) is 3.81. The summed E-state index contributed by atoms with van der Waals surface area (Å²) in [6, 6.07) is 13.9. The molecule has 0 saturated carbocycles. The van der Waals surface area contributed by atoms with Crippen molar-refractivity contribution in [3.8, 4) is 0 Å². The molecule has 0 spiro atoms. The van der Waals surface area contributed by atoms with Gasteiger partial charge < -0.3 is 10.2 Å². The van der Waals surface area contributed by atoms with E-state index in [1.807, 2.05) is 13.8 Å². The highest BCUT2D eigenvalue weighted by atomic mass is 33.1. The van der Waals surface area contributed by atoms with E-state index in [2.05, 4.69) is 0 Å². The summed E-state index contributed by atoms with van der Waals surface area (Å²) in [5.74, 6) is -4.04. The minimum atomic E-state index is -1.07. The lowest BCUT2D eigenvalue weighted by Gasteiger charge is -2.13. The molecule has 0 aliphatic carbocycles. The first-order chi connectivity index (χ1) is 15.2. The van der Waals surface area contributed by atoms with E-state index < -0.39 is 23.8 Å². The third-order valence-corrected chi connectivity index (χ3v) is 7.49. The molecule has 2 N–H and O–H groups in total. The predicted octanol–water partition coefficient (Wildman–Crippen LogP) is 4.93. The van der Waals surface area contributed by atoms with Crippen molar-refractivity contribution < 1.29 is 29.4 Å². The van der Waals surface area contributed by atoms with Gasteiger partial charge in [0.2, 0.25) is 0 Å². The summed E-state index contributed by atoms with van der Waals surface area (Å²) < 4.78 is 0. The van der Waals surface area contributed by atoms with Crippen LogP contribution in [0.1, 0.15) is 44.7 Å². The van der Waals surface area contributed by atoms with Crippen LogP contribution in [0.15, 0.2) is 48.5 Å². The lowest BCUT2D eigenvalue weighted by molar-refractivity contribution is -0.141. The van der Waals surface area contributed by atoms with E-state index in [4.69, 9.17) is 0 Å². The lowest BCUT2D eigenvalue weighted by atomic mass is 9.99. The Morgan fingerprint density at radius 1 is 0.656 bits per heavy atom. The van der Waals surface area contributed by atoms with E-state index in [1.54, 1.807) is 48.5 Å². The average molecular weight is 475 g/mol. The molecule has 0 aliphatic heterocycles. The van der Waals surface area contributed by atoms with Gasteiger partial charge in [0.05, 0.1) is 11.8 Å². The molecule has 170 valence electrons. The van der Waals surface area contributed by atoms with Crippen LogP contribution in [0.25, 0.3) is 0 Å². The van der Waals surface area contributed by atoms with Crippen LogP contribution >= 0.6 is 21.6 Å². The molecule has 2 unspecified atom stereocenters. The number of carboxylic acids is 2. The van der Waals surface area contributed by atoms with Gasteiger partial charge in [0.25, 0.3) is 0 Å². The monoisotopic (exact) mass is 474 g/mol. The van der Waals surface area contributed by atoms with Crippen molar-refractivity contribution >= 4 is 45.1 Å². The Balaban J connectivity index is 1.85. The molecule has 8 heteroatoms. The molecule has 0 amide bonds. The van der Waals surface area contributed by atoms with Crippen molar-refractivity contribution in [2.75, 3.05) is 11.5 Å². The van der Waals surface area contributed by atoms with Crippen molar-refractivity contribution in [1.29, 1.82) is 0 Å². The quantitative estimate of drug-likeness (QED) is 0.239. The number of Topliss-reactive ketones (excluding diaryl/α,β-unsaturated/α-hetero) is 2. The highest BCUT2D eigenvalue weighted by Gasteiger charge is 2.25. The Bertz CT molecular complexity index is 874. The molecule has 0 aliphatic rings. The Labute approximate surface area is 195 Å². The molecule has 2 rings (SSSR count). The normalized spacial score (nSPS) is 12.7. The molecule has 6 nitrogen and oxygen atoms in total. The lowest BCUT2D eigenvalue weighted by Crippen LogP contribution is -2.21. The minimum Gasteiger partial charge on any atom is -0.481 e. The van der Waals surface area contributed by atoms with Crippen LogP contribution in [0.3, 0.4) is 0 Å².